The van der Waals surface area contributed by atoms with Crippen LogP contribution in [0.2, 0.25) is 0 Å². The van der Waals surface area contributed by atoms with E-state index in [9.17, 15) is 10.1 Å². The second-order valence-corrected chi connectivity index (χ2v) is 4.09. The van der Waals surface area contributed by atoms with Gasteiger partial charge in [-0.25, -0.2) is 4.68 Å². The van der Waals surface area contributed by atoms with E-state index in [2.05, 4.69) is 10.4 Å². The number of hydrogen-bond acceptors (Lipinski definition) is 5. The summed E-state index contributed by atoms with van der Waals surface area (Å²) in [6, 6.07) is 0. The highest BCUT2D eigenvalue weighted by molar-refractivity contribution is 5.59. The lowest BCUT2D eigenvalue weighted by molar-refractivity contribution is -0.384. The molecule has 0 amide bonds. The minimum absolute atomic E-state index is 0.0714. The van der Waals surface area contributed by atoms with E-state index in [4.69, 9.17) is 5.11 Å². The Kier molecular flexibility index (Phi) is 5.57. The van der Waals surface area contributed by atoms with Crippen LogP contribution < -0.4 is 5.32 Å². The molecule has 0 saturated carbocycles. The molecule has 18 heavy (non-hydrogen) atoms. The first-order valence-electron chi connectivity index (χ1n) is 6.16. The van der Waals surface area contributed by atoms with Gasteiger partial charge in [-0.2, -0.15) is 5.10 Å². The quantitative estimate of drug-likeness (QED) is 0.417. The lowest BCUT2D eigenvalue weighted by atomic mass is 10.2. The summed E-state index contributed by atoms with van der Waals surface area (Å²) < 4.78 is 1.52. The van der Waals surface area contributed by atoms with Crippen molar-refractivity contribution in [3.05, 3.63) is 15.8 Å². The van der Waals surface area contributed by atoms with Crippen LogP contribution in [0.25, 0.3) is 0 Å². The number of nitro groups is 1. The Balaban J connectivity index is 2.69. The number of nitrogens with one attached hydrogen (secondary N) is 1. The van der Waals surface area contributed by atoms with Crippen LogP contribution in [0.4, 0.5) is 11.5 Å². The van der Waals surface area contributed by atoms with Crippen LogP contribution in [0.15, 0.2) is 0 Å². The lowest BCUT2D eigenvalue weighted by Crippen LogP contribution is -2.08. The fraction of sp³-hybridized carbons (Fsp3) is 0.727. The molecule has 1 heterocycles. The summed E-state index contributed by atoms with van der Waals surface area (Å²) in [5.41, 5.74) is 0.572. The van der Waals surface area contributed by atoms with E-state index in [1.165, 1.54) is 4.68 Å². The van der Waals surface area contributed by atoms with Crippen LogP contribution in [0.5, 0.6) is 0 Å². The van der Waals surface area contributed by atoms with Crippen LogP contribution in [0.1, 0.15) is 31.9 Å². The first-order chi connectivity index (χ1) is 8.61. The van der Waals surface area contributed by atoms with Gasteiger partial charge < -0.3 is 10.4 Å². The molecule has 0 spiro atoms. The molecular weight excluding hydrogens is 236 g/mol. The summed E-state index contributed by atoms with van der Waals surface area (Å²) in [4.78, 5) is 10.6. The SMILES string of the molecule is CCc1nn(C)c(NCCCCCO)c1[N+](=O)[O-]. The molecule has 7 heteroatoms. The van der Waals surface area contributed by atoms with Gasteiger partial charge >= 0.3 is 5.69 Å². The zero-order valence-corrected chi connectivity index (χ0v) is 10.8. The molecule has 0 radical (unpaired) electrons. The van der Waals surface area contributed by atoms with E-state index in [1.54, 1.807) is 7.05 Å². The first-order valence-corrected chi connectivity index (χ1v) is 6.16. The van der Waals surface area contributed by atoms with Gasteiger partial charge in [0.2, 0.25) is 5.82 Å². The molecule has 0 aromatic carbocycles. The topological polar surface area (TPSA) is 93.2 Å². The maximum Gasteiger partial charge on any atom is 0.333 e. The summed E-state index contributed by atoms with van der Waals surface area (Å²) in [5, 5.41) is 26.9. The van der Waals surface area contributed by atoms with E-state index in [-0.39, 0.29) is 17.2 Å². The van der Waals surface area contributed by atoms with Gasteiger partial charge in [0.25, 0.3) is 0 Å². The molecule has 2 N–H and O–H groups in total. The van der Waals surface area contributed by atoms with Gasteiger partial charge in [-0.15, -0.1) is 0 Å². The summed E-state index contributed by atoms with van der Waals surface area (Å²) in [6.45, 7) is 2.68. The molecule has 0 unspecified atom stereocenters. The molecule has 0 bridgehead atoms. The molecule has 7 nitrogen and oxygen atoms in total. The number of nitrogens with zero attached hydrogens (tertiary/aromatic N) is 3. The van der Waals surface area contributed by atoms with Crippen molar-refractivity contribution >= 4 is 11.5 Å². The van der Waals surface area contributed by atoms with Gasteiger partial charge in [-0.1, -0.05) is 6.92 Å². The smallest absolute Gasteiger partial charge is 0.333 e. The Hall–Kier alpha value is -1.63. The summed E-state index contributed by atoms with van der Waals surface area (Å²) in [5.74, 6) is 0.459. The van der Waals surface area contributed by atoms with Gasteiger partial charge in [0.15, 0.2) is 0 Å². The van der Waals surface area contributed by atoms with Crippen molar-refractivity contribution < 1.29 is 10.0 Å². The maximum atomic E-state index is 11.0. The Labute approximate surface area is 106 Å². The Morgan fingerprint density at radius 1 is 1.44 bits per heavy atom. The van der Waals surface area contributed by atoms with E-state index < -0.39 is 0 Å². The number of unbranched alkanes of at least 4 members (excludes halogenated alkanes) is 2. The monoisotopic (exact) mass is 256 g/mol. The molecule has 0 atom stereocenters. The molecule has 0 aliphatic carbocycles. The Bertz CT molecular complexity index is 403. The minimum Gasteiger partial charge on any atom is -0.396 e. The molecule has 0 aliphatic heterocycles. The molecular formula is C11H20N4O3. The number of rotatable bonds is 8. The second kappa shape index (κ2) is 6.95. The number of hydrogen-bond donors (Lipinski definition) is 2. The van der Waals surface area contributed by atoms with Crippen LogP contribution in [-0.4, -0.2) is 33.0 Å². The van der Waals surface area contributed by atoms with Gasteiger partial charge in [0.05, 0.1) is 4.92 Å². The fourth-order valence-corrected chi connectivity index (χ4v) is 1.82. The lowest BCUT2D eigenvalue weighted by Gasteiger charge is -2.05. The molecule has 1 aromatic rings. The average molecular weight is 256 g/mol. The standard InChI is InChI=1S/C11H20N4O3/c1-3-9-10(15(17)18)11(14(2)13-9)12-7-5-4-6-8-16/h12,16H,3-8H2,1-2H3. The average Bonchev–Trinajstić information content (AvgIpc) is 2.66. The van der Waals surface area contributed by atoms with Crippen molar-refractivity contribution in [2.75, 3.05) is 18.5 Å². The first kappa shape index (κ1) is 14.4. The summed E-state index contributed by atoms with van der Waals surface area (Å²) in [7, 11) is 1.70. The minimum atomic E-state index is -0.387. The highest BCUT2D eigenvalue weighted by atomic mass is 16.6. The molecule has 1 rings (SSSR count). The van der Waals surface area contributed by atoms with Crippen molar-refractivity contribution in [1.29, 1.82) is 0 Å². The van der Waals surface area contributed by atoms with Crippen LogP contribution in [-0.2, 0) is 13.5 Å². The van der Waals surface area contributed by atoms with Crippen LogP contribution in [0.3, 0.4) is 0 Å². The number of aryl methyl sites for hydroxylation is 2. The van der Waals surface area contributed by atoms with Gasteiger partial charge in [0, 0.05) is 20.2 Å². The highest BCUT2D eigenvalue weighted by Gasteiger charge is 2.24. The Morgan fingerprint density at radius 3 is 2.72 bits per heavy atom. The second-order valence-electron chi connectivity index (χ2n) is 4.09. The van der Waals surface area contributed by atoms with Crippen molar-refractivity contribution in [3.63, 3.8) is 0 Å². The molecule has 0 saturated heterocycles. The predicted molar refractivity (Wildman–Crippen MR) is 68.7 cm³/mol. The third-order valence-corrected chi connectivity index (χ3v) is 2.74. The largest absolute Gasteiger partial charge is 0.396 e. The molecule has 0 aliphatic rings. The summed E-state index contributed by atoms with van der Waals surface area (Å²) in [6.07, 6.45) is 3.06. The van der Waals surface area contributed by atoms with E-state index in [1.807, 2.05) is 6.92 Å². The maximum absolute atomic E-state index is 11.0. The third-order valence-electron chi connectivity index (χ3n) is 2.74. The normalized spacial score (nSPS) is 10.6. The predicted octanol–water partition coefficient (Wildman–Crippen LogP) is 1.47. The number of aliphatic hydroxyl groups is 1. The van der Waals surface area contributed by atoms with E-state index in [0.29, 0.717) is 24.5 Å². The van der Waals surface area contributed by atoms with Gasteiger partial charge in [-0.3, -0.25) is 10.1 Å². The van der Waals surface area contributed by atoms with Crippen molar-refractivity contribution in [2.24, 2.45) is 7.05 Å². The number of anilines is 1. The molecule has 102 valence electrons. The number of aromatic nitrogens is 2. The molecule has 0 fully saturated rings. The zero-order chi connectivity index (χ0) is 13.5. The van der Waals surface area contributed by atoms with Gasteiger partial charge in [-0.05, 0) is 25.7 Å². The third kappa shape index (κ3) is 3.43. The Morgan fingerprint density at radius 2 is 2.17 bits per heavy atom. The van der Waals surface area contributed by atoms with E-state index in [0.717, 1.165) is 19.3 Å². The highest BCUT2D eigenvalue weighted by Crippen LogP contribution is 2.28. The molecule has 1 aromatic heterocycles. The fourth-order valence-electron chi connectivity index (χ4n) is 1.82. The summed E-state index contributed by atoms with van der Waals surface area (Å²) >= 11 is 0. The van der Waals surface area contributed by atoms with Gasteiger partial charge in [0.1, 0.15) is 5.69 Å². The zero-order valence-electron chi connectivity index (χ0n) is 10.8. The van der Waals surface area contributed by atoms with E-state index >= 15 is 0 Å². The van der Waals surface area contributed by atoms with Crippen molar-refractivity contribution in [2.45, 2.75) is 32.6 Å². The van der Waals surface area contributed by atoms with Crippen LogP contribution in [0, 0.1) is 10.1 Å². The van der Waals surface area contributed by atoms with Crippen molar-refractivity contribution in [3.8, 4) is 0 Å². The van der Waals surface area contributed by atoms with Crippen molar-refractivity contribution in [1.82, 2.24) is 9.78 Å². The number of aliphatic hydroxyl groups excluding tert-OH is 1. The van der Waals surface area contributed by atoms with Crippen LogP contribution >= 0.6 is 0 Å².